The third-order valence-corrected chi connectivity index (χ3v) is 2.98. The number of amides is 1. The van der Waals surface area contributed by atoms with Crippen molar-refractivity contribution in [1.29, 1.82) is 0 Å². The highest BCUT2D eigenvalue weighted by atomic mass is 16.6. The zero-order valence-electron chi connectivity index (χ0n) is 12.6. The molecule has 0 aliphatic heterocycles. The van der Waals surface area contributed by atoms with Gasteiger partial charge in [-0.05, 0) is 23.3 Å². The van der Waals surface area contributed by atoms with E-state index in [-0.39, 0.29) is 11.6 Å². The van der Waals surface area contributed by atoms with E-state index in [0.29, 0.717) is 0 Å². The summed E-state index contributed by atoms with van der Waals surface area (Å²) >= 11 is 0. The van der Waals surface area contributed by atoms with Crippen LogP contribution in [0.1, 0.15) is 18.1 Å². The molecule has 1 N–H and O–H groups in total. The van der Waals surface area contributed by atoms with E-state index in [4.69, 9.17) is 0 Å². The topological polar surface area (TPSA) is 72.2 Å². The minimum atomic E-state index is -0.416. The van der Waals surface area contributed by atoms with Gasteiger partial charge >= 0.3 is 0 Å². The third kappa shape index (κ3) is 5.24. The molecule has 23 heavy (non-hydrogen) atoms. The fourth-order valence-electron chi connectivity index (χ4n) is 2.00. The number of non-ortho nitro benzene ring substituents is 1. The van der Waals surface area contributed by atoms with Gasteiger partial charge in [-0.25, -0.2) is 0 Å². The minimum absolute atomic E-state index is 0.0686. The number of nitrogens with zero attached hydrogens (tertiary/aromatic N) is 1. The maximum atomic E-state index is 11.0. The SMILES string of the molecule is CC(=O)Nc1cccc(/C=C\C=C/c2cccc([N+](=O)[O-])c2)c1. The maximum Gasteiger partial charge on any atom is 0.270 e. The molecule has 5 heteroatoms. The van der Waals surface area contributed by atoms with Crippen LogP contribution in [0.5, 0.6) is 0 Å². The lowest BCUT2D eigenvalue weighted by atomic mass is 10.1. The highest BCUT2D eigenvalue weighted by Gasteiger charge is 2.03. The first kappa shape index (κ1) is 16.2. The molecule has 0 atom stereocenters. The summed E-state index contributed by atoms with van der Waals surface area (Å²) in [5.74, 6) is -0.114. The number of nitro groups is 1. The number of nitro benzene ring substituents is 1. The number of carbonyl (C=O) groups is 1. The first-order chi connectivity index (χ1) is 11.0. The first-order valence-electron chi connectivity index (χ1n) is 7.01. The molecule has 2 aromatic rings. The fourth-order valence-corrected chi connectivity index (χ4v) is 2.00. The molecule has 0 saturated heterocycles. The van der Waals surface area contributed by atoms with E-state index < -0.39 is 4.92 Å². The van der Waals surface area contributed by atoms with E-state index in [9.17, 15) is 14.9 Å². The van der Waals surface area contributed by atoms with Gasteiger partial charge in [0.1, 0.15) is 0 Å². The predicted octanol–water partition coefficient (Wildman–Crippen LogP) is 4.28. The predicted molar refractivity (Wildman–Crippen MR) is 91.9 cm³/mol. The van der Waals surface area contributed by atoms with Crippen LogP contribution in [0.4, 0.5) is 11.4 Å². The van der Waals surface area contributed by atoms with Crippen molar-refractivity contribution in [2.24, 2.45) is 0 Å². The van der Waals surface area contributed by atoms with Crippen LogP contribution < -0.4 is 5.32 Å². The molecule has 0 bridgehead atoms. The normalized spacial score (nSPS) is 11.0. The van der Waals surface area contributed by atoms with Gasteiger partial charge in [-0.15, -0.1) is 0 Å². The second kappa shape index (κ2) is 7.70. The quantitative estimate of drug-likeness (QED) is 0.509. The van der Waals surface area contributed by atoms with Gasteiger partial charge in [0, 0.05) is 24.7 Å². The summed E-state index contributed by atoms with van der Waals surface area (Å²) in [6, 6.07) is 13.9. The Morgan fingerprint density at radius 2 is 1.65 bits per heavy atom. The summed E-state index contributed by atoms with van der Waals surface area (Å²) < 4.78 is 0. The van der Waals surface area contributed by atoms with E-state index in [1.165, 1.54) is 19.1 Å². The lowest BCUT2D eigenvalue weighted by Gasteiger charge is -2.02. The van der Waals surface area contributed by atoms with Crippen molar-refractivity contribution < 1.29 is 9.72 Å². The molecule has 0 heterocycles. The van der Waals surface area contributed by atoms with Crippen LogP contribution in [0.15, 0.2) is 60.7 Å². The third-order valence-electron chi connectivity index (χ3n) is 2.98. The second-order valence-electron chi connectivity index (χ2n) is 4.88. The molecule has 0 radical (unpaired) electrons. The minimum Gasteiger partial charge on any atom is -0.326 e. The standard InChI is InChI=1S/C18H16N2O3/c1-14(21)19-17-10-4-8-15(12-17)6-2-3-7-16-9-5-11-18(13-16)20(22)23/h2-13H,1H3,(H,19,21)/b6-2-,7-3-. The summed E-state index contributed by atoms with van der Waals surface area (Å²) in [6.07, 6.45) is 7.33. The summed E-state index contributed by atoms with van der Waals surface area (Å²) in [5.41, 5.74) is 2.51. The van der Waals surface area contributed by atoms with Gasteiger partial charge in [0.25, 0.3) is 5.69 Å². The van der Waals surface area contributed by atoms with Crippen LogP contribution in [0.3, 0.4) is 0 Å². The van der Waals surface area contributed by atoms with Crippen molar-refractivity contribution in [3.8, 4) is 0 Å². The van der Waals surface area contributed by atoms with Crippen molar-refractivity contribution in [3.63, 3.8) is 0 Å². The molecule has 1 amide bonds. The maximum absolute atomic E-state index is 11.0. The van der Waals surface area contributed by atoms with E-state index >= 15 is 0 Å². The molecule has 2 aromatic carbocycles. The Kier molecular flexibility index (Phi) is 5.41. The summed E-state index contributed by atoms with van der Waals surface area (Å²) in [6.45, 7) is 1.46. The molecule has 0 fully saturated rings. The number of rotatable bonds is 5. The molecular formula is C18H16N2O3. The zero-order chi connectivity index (χ0) is 16.7. The van der Waals surface area contributed by atoms with Gasteiger partial charge in [-0.3, -0.25) is 14.9 Å². The number of anilines is 1. The van der Waals surface area contributed by atoms with Gasteiger partial charge in [-0.1, -0.05) is 48.6 Å². The lowest BCUT2D eigenvalue weighted by molar-refractivity contribution is -0.384. The van der Waals surface area contributed by atoms with E-state index in [1.54, 1.807) is 18.2 Å². The average Bonchev–Trinajstić information content (AvgIpc) is 2.51. The smallest absolute Gasteiger partial charge is 0.270 e. The molecule has 0 aliphatic rings. The van der Waals surface area contributed by atoms with Crippen LogP contribution >= 0.6 is 0 Å². The Labute approximate surface area is 134 Å². The Bertz CT molecular complexity index is 779. The molecule has 0 unspecified atom stereocenters. The van der Waals surface area contributed by atoms with Crippen LogP contribution in [0.25, 0.3) is 12.2 Å². The van der Waals surface area contributed by atoms with Gasteiger partial charge in [0.15, 0.2) is 0 Å². The van der Waals surface area contributed by atoms with Crippen molar-refractivity contribution in [3.05, 3.63) is 81.9 Å². The average molecular weight is 308 g/mol. The van der Waals surface area contributed by atoms with Gasteiger partial charge in [-0.2, -0.15) is 0 Å². The van der Waals surface area contributed by atoms with Crippen molar-refractivity contribution in [2.75, 3.05) is 5.32 Å². The summed E-state index contributed by atoms with van der Waals surface area (Å²) in [4.78, 5) is 21.3. The number of hydrogen-bond donors (Lipinski definition) is 1. The van der Waals surface area contributed by atoms with Gasteiger partial charge < -0.3 is 5.32 Å². The van der Waals surface area contributed by atoms with Crippen LogP contribution in [0, 0.1) is 10.1 Å². The molecule has 2 rings (SSSR count). The Balaban J connectivity index is 2.05. The molecule has 0 spiro atoms. The molecular weight excluding hydrogens is 292 g/mol. The molecule has 0 aromatic heterocycles. The van der Waals surface area contributed by atoms with Crippen molar-refractivity contribution in [2.45, 2.75) is 6.92 Å². The largest absolute Gasteiger partial charge is 0.326 e. The second-order valence-corrected chi connectivity index (χ2v) is 4.88. The number of hydrogen-bond acceptors (Lipinski definition) is 3. The number of benzene rings is 2. The number of carbonyl (C=O) groups excluding carboxylic acids is 1. The van der Waals surface area contributed by atoms with Gasteiger partial charge in [0.2, 0.25) is 5.91 Å². The van der Waals surface area contributed by atoms with E-state index in [2.05, 4.69) is 5.32 Å². The monoisotopic (exact) mass is 308 g/mol. The van der Waals surface area contributed by atoms with Crippen molar-refractivity contribution in [1.82, 2.24) is 0 Å². The Hall–Kier alpha value is -3.21. The molecule has 0 aliphatic carbocycles. The zero-order valence-corrected chi connectivity index (χ0v) is 12.6. The highest BCUT2D eigenvalue weighted by molar-refractivity contribution is 5.89. The Morgan fingerprint density at radius 1 is 1.04 bits per heavy atom. The summed E-state index contributed by atoms with van der Waals surface area (Å²) in [7, 11) is 0. The van der Waals surface area contributed by atoms with E-state index in [0.717, 1.165) is 16.8 Å². The molecule has 116 valence electrons. The lowest BCUT2D eigenvalue weighted by Crippen LogP contribution is -2.05. The van der Waals surface area contributed by atoms with Crippen LogP contribution in [-0.2, 0) is 4.79 Å². The Morgan fingerprint density at radius 3 is 2.26 bits per heavy atom. The van der Waals surface area contributed by atoms with Crippen LogP contribution in [-0.4, -0.2) is 10.8 Å². The van der Waals surface area contributed by atoms with Crippen LogP contribution in [0.2, 0.25) is 0 Å². The van der Waals surface area contributed by atoms with Crippen molar-refractivity contribution >= 4 is 29.4 Å². The summed E-state index contributed by atoms with van der Waals surface area (Å²) in [5, 5.41) is 13.4. The molecule has 0 saturated carbocycles. The fraction of sp³-hybridized carbons (Fsp3) is 0.0556. The number of allylic oxidation sites excluding steroid dienone is 2. The highest BCUT2D eigenvalue weighted by Crippen LogP contribution is 2.15. The number of nitrogens with one attached hydrogen (secondary N) is 1. The van der Waals surface area contributed by atoms with Gasteiger partial charge in [0.05, 0.1) is 4.92 Å². The molecule has 5 nitrogen and oxygen atoms in total. The first-order valence-corrected chi connectivity index (χ1v) is 7.01. The van der Waals surface area contributed by atoms with E-state index in [1.807, 2.05) is 42.5 Å².